The molecule has 2 rings (SSSR count). The third-order valence-corrected chi connectivity index (χ3v) is 3.12. The molecule has 0 aliphatic carbocycles. The van der Waals surface area contributed by atoms with Crippen molar-refractivity contribution >= 4 is 24.1 Å². The Bertz CT molecular complexity index is 499. The average Bonchev–Trinajstić information content (AvgIpc) is 2.77. The maximum atomic E-state index is 13.0. The van der Waals surface area contributed by atoms with Gasteiger partial charge in [0.2, 0.25) is 5.91 Å². The minimum atomic E-state index is -2.80. The van der Waals surface area contributed by atoms with Crippen LogP contribution in [0.3, 0.4) is 0 Å². The SMILES string of the molecule is CN(C)c1cccc(CNC(=O)C2CC(F)(F)CN2)n1.Cl. The summed E-state index contributed by atoms with van der Waals surface area (Å²) in [6.07, 6.45) is -0.454. The van der Waals surface area contributed by atoms with Crippen molar-refractivity contribution in [1.29, 1.82) is 0 Å². The minimum Gasteiger partial charge on any atom is -0.363 e. The number of carbonyl (C=O) groups is 1. The number of rotatable bonds is 4. The van der Waals surface area contributed by atoms with E-state index in [-0.39, 0.29) is 19.0 Å². The fraction of sp³-hybridized carbons (Fsp3) is 0.538. The van der Waals surface area contributed by atoms with Gasteiger partial charge in [-0.25, -0.2) is 13.8 Å². The van der Waals surface area contributed by atoms with E-state index in [1.807, 2.05) is 31.1 Å². The molecule has 1 aliphatic rings. The highest BCUT2D eigenvalue weighted by Crippen LogP contribution is 2.25. The Labute approximate surface area is 128 Å². The van der Waals surface area contributed by atoms with Gasteiger partial charge in [0.1, 0.15) is 5.82 Å². The Hall–Kier alpha value is -1.47. The van der Waals surface area contributed by atoms with Crippen LogP contribution >= 0.6 is 12.4 Å². The number of carbonyl (C=O) groups excluding carboxylic acids is 1. The monoisotopic (exact) mass is 320 g/mol. The first-order valence-electron chi connectivity index (χ1n) is 6.39. The number of alkyl halides is 2. The summed E-state index contributed by atoms with van der Waals surface area (Å²) in [5.74, 6) is -2.44. The molecule has 21 heavy (non-hydrogen) atoms. The second kappa shape index (κ2) is 7.00. The van der Waals surface area contributed by atoms with Crippen LogP contribution in [-0.4, -0.2) is 43.5 Å². The number of anilines is 1. The van der Waals surface area contributed by atoms with Gasteiger partial charge in [-0.15, -0.1) is 12.4 Å². The van der Waals surface area contributed by atoms with Crippen molar-refractivity contribution in [3.8, 4) is 0 Å². The summed E-state index contributed by atoms with van der Waals surface area (Å²) < 4.78 is 26.0. The standard InChI is InChI=1S/C13H18F2N4O.ClH/c1-19(2)11-5-3-4-9(18-11)7-16-12(20)10-6-13(14,15)8-17-10;/h3-5,10,17H,6-8H2,1-2H3,(H,16,20);1H. The largest absolute Gasteiger partial charge is 0.363 e. The van der Waals surface area contributed by atoms with E-state index in [0.29, 0.717) is 5.69 Å². The van der Waals surface area contributed by atoms with E-state index in [4.69, 9.17) is 0 Å². The van der Waals surface area contributed by atoms with Gasteiger partial charge in [0.05, 0.1) is 24.8 Å². The number of pyridine rings is 1. The third kappa shape index (κ3) is 4.78. The first-order valence-corrected chi connectivity index (χ1v) is 6.39. The Morgan fingerprint density at radius 1 is 1.52 bits per heavy atom. The van der Waals surface area contributed by atoms with E-state index in [9.17, 15) is 13.6 Å². The van der Waals surface area contributed by atoms with E-state index in [1.54, 1.807) is 6.07 Å². The van der Waals surface area contributed by atoms with Crippen LogP contribution in [0.1, 0.15) is 12.1 Å². The van der Waals surface area contributed by atoms with Crippen molar-refractivity contribution in [1.82, 2.24) is 15.6 Å². The van der Waals surface area contributed by atoms with Crippen LogP contribution in [-0.2, 0) is 11.3 Å². The second-order valence-corrected chi connectivity index (χ2v) is 5.09. The molecule has 1 fully saturated rings. The predicted octanol–water partition coefficient (Wildman–Crippen LogP) is 1.18. The third-order valence-electron chi connectivity index (χ3n) is 3.12. The summed E-state index contributed by atoms with van der Waals surface area (Å²) in [6, 6.07) is 4.64. The molecule has 2 N–H and O–H groups in total. The van der Waals surface area contributed by atoms with E-state index in [0.717, 1.165) is 5.82 Å². The maximum absolute atomic E-state index is 13.0. The van der Waals surface area contributed by atoms with Crippen molar-refractivity contribution < 1.29 is 13.6 Å². The van der Waals surface area contributed by atoms with Crippen molar-refractivity contribution in [2.45, 2.75) is 24.9 Å². The molecule has 1 unspecified atom stereocenters. The summed E-state index contributed by atoms with van der Waals surface area (Å²) in [5, 5.41) is 5.15. The molecule has 0 bridgehead atoms. The average molecular weight is 321 g/mol. The van der Waals surface area contributed by atoms with Gasteiger partial charge < -0.3 is 10.2 Å². The number of nitrogens with one attached hydrogen (secondary N) is 2. The van der Waals surface area contributed by atoms with Gasteiger partial charge >= 0.3 is 0 Å². The minimum absolute atomic E-state index is 0. The molecule has 1 aromatic rings. The molecule has 5 nitrogen and oxygen atoms in total. The molecule has 118 valence electrons. The molecule has 1 amide bonds. The molecule has 0 aromatic carbocycles. The van der Waals surface area contributed by atoms with Crippen LogP contribution < -0.4 is 15.5 Å². The number of aromatic nitrogens is 1. The molecule has 0 saturated carbocycles. The molecule has 2 heterocycles. The Morgan fingerprint density at radius 3 is 2.81 bits per heavy atom. The van der Waals surface area contributed by atoms with Gasteiger partial charge in [0, 0.05) is 20.5 Å². The summed E-state index contributed by atoms with van der Waals surface area (Å²) in [4.78, 5) is 18.0. The summed E-state index contributed by atoms with van der Waals surface area (Å²) in [7, 11) is 3.74. The van der Waals surface area contributed by atoms with Crippen LogP contribution in [0.25, 0.3) is 0 Å². The first-order chi connectivity index (χ1) is 9.37. The van der Waals surface area contributed by atoms with E-state index in [1.165, 1.54) is 0 Å². The van der Waals surface area contributed by atoms with Gasteiger partial charge in [0.25, 0.3) is 5.92 Å². The van der Waals surface area contributed by atoms with Crippen LogP contribution in [0.4, 0.5) is 14.6 Å². The number of halogens is 3. The number of nitrogens with zero attached hydrogens (tertiary/aromatic N) is 2. The van der Waals surface area contributed by atoms with E-state index in [2.05, 4.69) is 15.6 Å². The van der Waals surface area contributed by atoms with Crippen molar-refractivity contribution in [3.63, 3.8) is 0 Å². The highest BCUT2D eigenvalue weighted by Gasteiger charge is 2.42. The zero-order valence-corrected chi connectivity index (χ0v) is 12.7. The molecule has 0 spiro atoms. The van der Waals surface area contributed by atoms with Crippen LogP contribution in [0.5, 0.6) is 0 Å². The number of hydrogen-bond donors (Lipinski definition) is 2. The van der Waals surface area contributed by atoms with Crippen molar-refractivity contribution in [3.05, 3.63) is 23.9 Å². The zero-order chi connectivity index (χ0) is 14.8. The molecule has 1 aliphatic heterocycles. The van der Waals surface area contributed by atoms with E-state index < -0.39 is 30.8 Å². The summed E-state index contributed by atoms with van der Waals surface area (Å²) >= 11 is 0. The number of amides is 1. The topological polar surface area (TPSA) is 57.3 Å². The lowest BCUT2D eigenvalue weighted by atomic mass is 10.2. The lowest BCUT2D eigenvalue weighted by Gasteiger charge is -2.14. The van der Waals surface area contributed by atoms with Gasteiger partial charge in [-0.2, -0.15) is 0 Å². The molecule has 1 saturated heterocycles. The van der Waals surface area contributed by atoms with Crippen molar-refractivity contribution in [2.24, 2.45) is 0 Å². The summed E-state index contributed by atoms with van der Waals surface area (Å²) in [5.41, 5.74) is 0.689. The Balaban J connectivity index is 0.00000220. The Kier molecular flexibility index (Phi) is 5.86. The maximum Gasteiger partial charge on any atom is 0.262 e. The van der Waals surface area contributed by atoms with Crippen molar-refractivity contribution in [2.75, 3.05) is 25.5 Å². The fourth-order valence-corrected chi connectivity index (χ4v) is 2.02. The lowest BCUT2D eigenvalue weighted by Crippen LogP contribution is -2.40. The normalized spacial score (nSPS) is 19.7. The van der Waals surface area contributed by atoms with Crippen LogP contribution in [0.2, 0.25) is 0 Å². The highest BCUT2D eigenvalue weighted by molar-refractivity contribution is 5.85. The second-order valence-electron chi connectivity index (χ2n) is 5.09. The highest BCUT2D eigenvalue weighted by atomic mass is 35.5. The fourth-order valence-electron chi connectivity index (χ4n) is 2.02. The quantitative estimate of drug-likeness (QED) is 0.875. The molecular formula is C13H19ClF2N4O. The zero-order valence-electron chi connectivity index (χ0n) is 11.9. The van der Waals surface area contributed by atoms with Crippen LogP contribution in [0, 0.1) is 0 Å². The lowest BCUT2D eigenvalue weighted by molar-refractivity contribution is -0.123. The smallest absolute Gasteiger partial charge is 0.262 e. The molecule has 0 radical (unpaired) electrons. The Morgan fingerprint density at radius 2 is 2.24 bits per heavy atom. The molecule has 1 aromatic heterocycles. The number of hydrogen-bond acceptors (Lipinski definition) is 4. The first kappa shape index (κ1) is 17.6. The molecular weight excluding hydrogens is 302 g/mol. The van der Waals surface area contributed by atoms with Crippen LogP contribution in [0.15, 0.2) is 18.2 Å². The summed E-state index contributed by atoms with van der Waals surface area (Å²) in [6.45, 7) is -0.219. The van der Waals surface area contributed by atoms with E-state index >= 15 is 0 Å². The molecule has 1 atom stereocenters. The van der Waals surface area contributed by atoms with Gasteiger partial charge in [-0.05, 0) is 12.1 Å². The van der Waals surface area contributed by atoms with Gasteiger partial charge in [0.15, 0.2) is 0 Å². The molecule has 8 heteroatoms. The van der Waals surface area contributed by atoms with Gasteiger partial charge in [-0.3, -0.25) is 10.1 Å². The van der Waals surface area contributed by atoms with Gasteiger partial charge in [-0.1, -0.05) is 6.07 Å². The predicted molar refractivity (Wildman–Crippen MR) is 79.0 cm³/mol.